The van der Waals surface area contributed by atoms with Gasteiger partial charge in [0.05, 0.1) is 0 Å². The molecule has 4 nitrogen and oxygen atoms in total. The van der Waals surface area contributed by atoms with E-state index in [1.54, 1.807) is 18.0 Å². The first kappa shape index (κ1) is 21.3. The summed E-state index contributed by atoms with van der Waals surface area (Å²) in [5, 5.41) is 3.00. The quantitative estimate of drug-likeness (QED) is 0.355. The fourth-order valence-electron chi connectivity index (χ4n) is 4.03. The maximum Gasteiger partial charge on any atom is 0.255 e. The smallest absolute Gasteiger partial charge is 0.255 e. The number of hydrogen-bond acceptors (Lipinski definition) is 4. The SMILES string of the molecule is O=C(Nc1ccc(SCc2cccnc2)cc1)c1ccc(N2CCc3ccccc3C2)cc1. The second-order valence-corrected chi connectivity index (χ2v) is 9.16. The van der Waals surface area contributed by atoms with E-state index in [1.807, 2.05) is 60.8 Å². The molecule has 1 N–H and O–H groups in total. The fraction of sp³-hybridized carbons (Fsp3) is 0.143. The summed E-state index contributed by atoms with van der Waals surface area (Å²) in [6, 6.07) is 28.5. The number of carbonyl (C=O) groups excluding carboxylic acids is 1. The number of nitrogens with zero attached hydrogens (tertiary/aromatic N) is 2. The van der Waals surface area contributed by atoms with Gasteiger partial charge in [0.1, 0.15) is 0 Å². The van der Waals surface area contributed by atoms with Crippen LogP contribution in [0.1, 0.15) is 27.0 Å². The van der Waals surface area contributed by atoms with Gasteiger partial charge >= 0.3 is 0 Å². The largest absolute Gasteiger partial charge is 0.367 e. The number of hydrogen-bond donors (Lipinski definition) is 1. The van der Waals surface area contributed by atoms with E-state index in [9.17, 15) is 4.79 Å². The monoisotopic (exact) mass is 451 g/mol. The Bertz CT molecular complexity index is 1220. The molecule has 1 amide bonds. The lowest BCUT2D eigenvalue weighted by atomic mass is 9.99. The van der Waals surface area contributed by atoms with E-state index >= 15 is 0 Å². The van der Waals surface area contributed by atoms with Crippen molar-refractivity contribution < 1.29 is 4.79 Å². The minimum absolute atomic E-state index is 0.0960. The molecule has 0 bridgehead atoms. The summed E-state index contributed by atoms with van der Waals surface area (Å²) in [6.45, 7) is 1.90. The molecule has 0 radical (unpaired) electrons. The lowest BCUT2D eigenvalue weighted by Gasteiger charge is -2.30. The number of rotatable bonds is 6. The first-order chi connectivity index (χ1) is 16.2. The van der Waals surface area contributed by atoms with Crippen molar-refractivity contribution >= 4 is 29.0 Å². The number of pyridine rings is 1. The van der Waals surface area contributed by atoms with Crippen LogP contribution < -0.4 is 10.2 Å². The number of carbonyl (C=O) groups is 1. The third-order valence-electron chi connectivity index (χ3n) is 5.87. The van der Waals surface area contributed by atoms with Crippen molar-refractivity contribution in [1.29, 1.82) is 0 Å². The molecule has 164 valence electrons. The summed E-state index contributed by atoms with van der Waals surface area (Å²) >= 11 is 1.75. The highest BCUT2D eigenvalue weighted by Gasteiger charge is 2.16. The van der Waals surface area contributed by atoms with Crippen LogP contribution in [0.3, 0.4) is 0 Å². The van der Waals surface area contributed by atoms with Crippen molar-refractivity contribution in [3.63, 3.8) is 0 Å². The molecule has 4 aromatic rings. The van der Waals surface area contributed by atoms with Crippen molar-refractivity contribution in [3.05, 3.63) is 120 Å². The zero-order valence-electron chi connectivity index (χ0n) is 18.3. The third kappa shape index (κ3) is 5.26. The number of aromatic nitrogens is 1. The number of benzene rings is 3. The van der Waals surface area contributed by atoms with Crippen LogP contribution in [-0.2, 0) is 18.7 Å². The van der Waals surface area contributed by atoms with Gasteiger partial charge < -0.3 is 10.2 Å². The molecule has 3 aromatic carbocycles. The van der Waals surface area contributed by atoms with Gasteiger partial charge in [-0.1, -0.05) is 30.3 Å². The molecule has 1 aromatic heterocycles. The van der Waals surface area contributed by atoms with Crippen molar-refractivity contribution in [2.24, 2.45) is 0 Å². The van der Waals surface area contributed by atoms with E-state index in [-0.39, 0.29) is 5.91 Å². The van der Waals surface area contributed by atoms with Gasteiger partial charge in [0.15, 0.2) is 0 Å². The van der Waals surface area contributed by atoms with Crippen LogP contribution in [0.25, 0.3) is 0 Å². The normalized spacial score (nSPS) is 12.8. The van der Waals surface area contributed by atoms with Crippen LogP contribution in [-0.4, -0.2) is 17.4 Å². The van der Waals surface area contributed by atoms with Crippen molar-refractivity contribution in [2.75, 3.05) is 16.8 Å². The minimum Gasteiger partial charge on any atom is -0.367 e. The molecule has 0 aliphatic carbocycles. The highest BCUT2D eigenvalue weighted by molar-refractivity contribution is 7.98. The fourth-order valence-corrected chi connectivity index (χ4v) is 4.86. The van der Waals surface area contributed by atoms with E-state index in [1.165, 1.54) is 16.7 Å². The van der Waals surface area contributed by atoms with Gasteiger partial charge in [0.2, 0.25) is 0 Å². The highest BCUT2D eigenvalue weighted by Crippen LogP contribution is 2.26. The molecule has 0 saturated heterocycles. The van der Waals surface area contributed by atoms with Crippen LogP contribution >= 0.6 is 11.8 Å². The Morgan fingerprint density at radius 3 is 2.45 bits per heavy atom. The number of anilines is 2. The lowest BCUT2D eigenvalue weighted by Crippen LogP contribution is -2.30. The number of fused-ring (bicyclic) bond motifs is 1. The first-order valence-electron chi connectivity index (χ1n) is 11.1. The summed E-state index contributed by atoms with van der Waals surface area (Å²) in [7, 11) is 0. The second-order valence-electron chi connectivity index (χ2n) is 8.12. The molecule has 0 atom stereocenters. The minimum atomic E-state index is -0.0960. The van der Waals surface area contributed by atoms with Crippen molar-refractivity contribution in [3.8, 4) is 0 Å². The summed E-state index contributed by atoms with van der Waals surface area (Å²) in [5.41, 5.74) is 6.61. The average molecular weight is 452 g/mol. The Kier molecular flexibility index (Phi) is 6.40. The molecular formula is C28H25N3OS. The van der Waals surface area contributed by atoms with E-state index < -0.39 is 0 Å². The third-order valence-corrected chi connectivity index (χ3v) is 6.95. The molecule has 1 aliphatic heterocycles. The van der Waals surface area contributed by atoms with Crippen molar-refractivity contribution in [2.45, 2.75) is 23.6 Å². The van der Waals surface area contributed by atoms with Gasteiger partial charge in [-0.25, -0.2) is 0 Å². The molecule has 0 unspecified atom stereocenters. The number of nitrogens with one attached hydrogen (secondary N) is 1. The van der Waals surface area contributed by atoms with Gasteiger partial charge in [0.25, 0.3) is 5.91 Å². The summed E-state index contributed by atoms with van der Waals surface area (Å²) in [6.07, 6.45) is 4.72. The topological polar surface area (TPSA) is 45.2 Å². The summed E-state index contributed by atoms with van der Waals surface area (Å²) in [4.78, 5) is 20.4. The summed E-state index contributed by atoms with van der Waals surface area (Å²) in [5.74, 6) is 0.774. The van der Waals surface area contributed by atoms with Gasteiger partial charge in [0, 0.05) is 53.1 Å². The molecule has 0 fully saturated rings. The molecule has 33 heavy (non-hydrogen) atoms. The second kappa shape index (κ2) is 9.92. The van der Waals surface area contributed by atoms with E-state index in [0.717, 1.165) is 41.5 Å². The Morgan fingerprint density at radius 2 is 1.70 bits per heavy atom. The standard InChI is InChI=1S/C28H25N3OS/c32-28(30-25-9-13-27(14-10-25)33-20-21-4-3-16-29-18-21)23-7-11-26(12-8-23)31-17-15-22-5-1-2-6-24(22)19-31/h1-14,16,18H,15,17,19-20H2,(H,30,32). The summed E-state index contributed by atoms with van der Waals surface area (Å²) < 4.78 is 0. The Morgan fingerprint density at radius 1 is 0.909 bits per heavy atom. The van der Waals surface area contributed by atoms with Gasteiger partial charge in [-0.05, 0) is 77.7 Å². The van der Waals surface area contributed by atoms with E-state index in [2.05, 4.69) is 45.5 Å². The predicted molar refractivity (Wildman–Crippen MR) is 136 cm³/mol. The van der Waals surface area contributed by atoms with Gasteiger partial charge in [-0.15, -0.1) is 11.8 Å². The Hall–Kier alpha value is -3.57. The zero-order chi connectivity index (χ0) is 22.5. The molecule has 0 spiro atoms. The van der Waals surface area contributed by atoms with Crippen LogP contribution in [0.2, 0.25) is 0 Å². The van der Waals surface area contributed by atoms with Gasteiger partial charge in [-0.3, -0.25) is 9.78 Å². The molecule has 5 heteroatoms. The van der Waals surface area contributed by atoms with Crippen LogP contribution in [0.4, 0.5) is 11.4 Å². The zero-order valence-corrected chi connectivity index (χ0v) is 19.1. The molecule has 5 rings (SSSR count). The maximum absolute atomic E-state index is 12.7. The molecular weight excluding hydrogens is 426 g/mol. The Labute approximate surface area is 198 Å². The maximum atomic E-state index is 12.7. The average Bonchev–Trinajstić information content (AvgIpc) is 2.89. The predicted octanol–water partition coefficient (Wildman–Crippen LogP) is 6.19. The molecule has 1 aliphatic rings. The van der Waals surface area contributed by atoms with E-state index in [0.29, 0.717) is 5.56 Å². The van der Waals surface area contributed by atoms with Crippen molar-refractivity contribution in [1.82, 2.24) is 4.98 Å². The van der Waals surface area contributed by atoms with Crippen LogP contribution in [0.5, 0.6) is 0 Å². The highest BCUT2D eigenvalue weighted by atomic mass is 32.2. The van der Waals surface area contributed by atoms with Gasteiger partial charge in [-0.2, -0.15) is 0 Å². The molecule has 2 heterocycles. The number of thioether (sulfide) groups is 1. The van der Waals surface area contributed by atoms with Crippen LogP contribution in [0, 0.1) is 0 Å². The Balaban J connectivity index is 1.17. The number of amides is 1. The lowest BCUT2D eigenvalue weighted by molar-refractivity contribution is 0.102. The van der Waals surface area contributed by atoms with E-state index in [4.69, 9.17) is 0 Å². The van der Waals surface area contributed by atoms with Crippen LogP contribution in [0.15, 0.2) is 102 Å². The first-order valence-corrected chi connectivity index (χ1v) is 12.1. The molecule has 0 saturated carbocycles.